The van der Waals surface area contributed by atoms with E-state index >= 15 is 0 Å². The van der Waals surface area contributed by atoms with E-state index in [1.807, 2.05) is 41.1 Å². The number of hydrogen-bond acceptors (Lipinski definition) is 5. The van der Waals surface area contributed by atoms with Crippen molar-refractivity contribution in [2.75, 3.05) is 26.4 Å². The highest BCUT2D eigenvalue weighted by molar-refractivity contribution is 5.64. The van der Waals surface area contributed by atoms with Gasteiger partial charge in [-0.15, -0.1) is 0 Å². The lowest BCUT2D eigenvalue weighted by Crippen LogP contribution is -2.04. The van der Waals surface area contributed by atoms with Crippen LogP contribution in [0, 0.1) is 0 Å². The third kappa shape index (κ3) is 4.44. The molecule has 2 unspecified atom stereocenters. The minimum absolute atomic E-state index is 0.259. The van der Waals surface area contributed by atoms with E-state index in [4.69, 9.17) is 24.0 Å². The SMILES string of the molecule is CCc1cn(-c2ccc(OCC3CO3)cc2)nc1-c1ccc(OCC2CO2)cc1. The molecule has 0 N–H and O–H groups in total. The van der Waals surface area contributed by atoms with Gasteiger partial charge in [0.2, 0.25) is 0 Å². The number of benzene rings is 2. The summed E-state index contributed by atoms with van der Waals surface area (Å²) in [5.41, 5.74) is 4.29. The van der Waals surface area contributed by atoms with Crippen molar-refractivity contribution < 1.29 is 18.9 Å². The summed E-state index contributed by atoms with van der Waals surface area (Å²) in [6, 6.07) is 16.1. The smallest absolute Gasteiger partial charge is 0.119 e. The van der Waals surface area contributed by atoms with E-state index in [-0.39, 0.29) is 12.2 Å². The second-order valence-corrected chi connectivity index (χ2v) is 7.35. The lowest BCUT2D eigenvalue weighted by molar-refractivity contribution is 0.263. The normalized spacial score (nSPS) is 19.8. The molecular weight excluding hydrogens is 368 g/mol. The maximum absolute atomic E-state index is 5.73. The average molecular weight is 392 g/mol. The molecule has 2 aliphatic heterocycles. The molecule has 2 aromatic carbocycles. The fourth-order valence-corrected chi connectivity index (χ4v) is 3.15. The zero-order valence-electron chi connectivity index (χ0n) is 16.4. The highest BCUT2D eigenvalue weighted by Gasteiger charge is 2.23. The first-order chi connectivity index (χ1) is 14.3. The first kappa shape index (κ1) is 18.2. The van der Waals surface area contributed by atoms with Crippen LogP contribution in [0.2, 0.25) is 0 Å². The van der Waals surface area contributed by atoms with E-state index in [1.54, 1.807) is 0 Å². The van der Waals surface area contributed by atoms with Crippen LogP contribution in [0.4, 0.5) is 0 Å². The Labute approximate surface area is 170 Å². The monoisotopic (exact) mass is 392 g/mol. The summed E-state index contributed by atoms with van der Waals surface area (Å²) >= 11 is 0. The second kappa shape index (κ2) is 7.89. The Bertz CT molecular complexity index is 958. The average Bonchev–Trinajstić information content (AvgIpc) is 3.70. The van der Waals surface area contributed by atoms with Crippen molar-refractivity contribution in [2.24, 2.45) is 0 Å². The van der Waals surface area contributed by atoms with E-state index in [2.05, 4.69) is 25.3 Å². The van der Waals surface area contributed by atoms with Gasteiger partial charge < -0.3 is 18.9 Å². The van der Waals surface area contributed by atoms with Crippen molar-refractivity contribution in [2.45, 2.75) is 25.6 Å². The molecule has 2 atom stereocenters. The number of epoxide rings is 2. The molecule has 5 rings (SSSR count). The lowest BCUT2D eigenvalue weighted by Gasteiger charge is -2.06. The molecule has 3 aromatic rings. The van der Waals surface area contributed by atoms with E-state index in [0.717, 1.165) is 48.1 Å². The van der Waals surface area contributed by atoms with Crippen LogP contribution >= 0.6 is 0 Å². The number of aryl methyl sites for hydroxylation is 1. The summed E-state index contributed by atoms with van der Waals surface area (Å²) in [5, 5.41) is 4.84. The van der Waals surface area contributed by atoms with E-state index in [1.165, 1.54) is 5.56 Å². The van der Waals surface area contributed by atoms with Gasteiger partial charge in [-0.25, -0.2) is 4.68 Å². The molecule has 2 fully saturated rings. The van der Waals surface area contributed by atoms with Gasteiger partial charge >= 0.3 is 0 Å². The van der Waals surface area contributed by atoms with Gasteiger partial charge in [0.1, 0.15) is 36.9 Å². The number of nitrogens with zero attached hydrogens (tertiary/aromatic N) is 2. The first-order valence-electron chi connectivity index (χ1n) is 10.1. The molecule has 0 bridgehead atoms. The number of rotatable bonds is 9. The highest BCUT2D eigenvalue weighted by atomic mass is 16.6. The minimum Gasteiger partial charge on any atom is -0.491 e. The van der Waals surface area contributed by atoms with Gasteiger partial charge in [-0.2, -0.15) is 5.10 Å². The van der Waals surface area contributed by atoms with E-state index < -0.39 is 0 Å². The second-order valence-electron chi connectivity index (χ2n) is 7.35. The van der Waals surface area contributed by atoms with Gasteiger partial charge in [-0.05, 0) is 60.5 Å². The Kier molecular flexibility index (Phi) is 4.96. The fraction of sp³-hybridized carbons (Fsp3) is 0.348. The van der Waals surface area contributed by atoms with Crippen molar-refractivity contribution in [1.82, 2.24) is 9.78 Å². The molecule has 1 aromatic heterocycles. The van der Waals surface area contributed by atoms with E-state index in [0.29, 0.717) is 13.2 Å². The Morgan fingerprint density at radius 3 is 1.97 bits per heavy atom. The van der Waals surface area contributed by atoms with Crippen LogP contribution in [0.5, 0.6) is 11.5 Å². The summed E-state index contributed by atoms with van der Waals surface area (Å²) in [6.45, 7) is 4.97. The van der Waals surface area contributed by atoms with Crippen LogP contribution in [-0.2, 0) is 15.9 Å². The Balaban J connectivity index is 1.31. The molecule has 0 amide bonds. The molecule has 0 saturated carbocycles. The number of hydrogen-bond donors (Lipinski definition) is 0. The third-order valence-corrected chi connectivity index (χ3v) is 5.08. The third-order valence-electron chi connectivity index (χ3n) is 5.08. The predicted octanol–water partition coefficient (Wildman–Crippen LogP) is 3.66. The van der Waals surface area contributed by atoms with Crippen LogP contribution < -0.4 is 9.47 Å². The molecule has 2 aliphatic rings. The molecule has 6 heteroatoms. The summed E-state index contributed by atoms with van der Waals surface area (Å²) in [5.74, 6) is 1.70. The lowest BCUT2D eigenvalue weighted by atomic mass is 10.1. The van der Waals surface area contributed by atoms with E-state index in [9.17, 15) is 0 Å². The van der Waals surface area contributed by atoms with Gasteiger partial charge in [0.15, 0.2) is 0 Å². The summed E-state index contributed by atoms with van der Waals surface area (Å²) in [4.78, 5) is 0. The fourth-order valence-electron chi connectivity index (χ4n) is 3.15. The molecule has 6 nitrogen and oxygen atoms in total. The molecule has 0 spiro atoms. The van der Waals surface area contributed by atoms with Crippen molar-refractivity contribution in [3.63, 3.8) is 0 Å². The van der Waals surface area contributed by atoms with Gasteiger partial charge in [-0.1, -0.05) is 6.92 Å². The van der Waals surface area contributed by atoms with Crippen molar-refractivity contribution in [1.29, 1.82) is 0 Å². The summed E-state index contributed by atoms with van der Waals surface area (Å²) in [7, 11) is 0. The molecule has 29 heavy (non-hydrogen) atoms. The maximum atomic E-state index is 5.73. The number of ether oxygens (including phenoxy) is 4. The standard InChI is InChI=1S/C23H24N2O4/c1-2-16-11-25(18-5-9-20(10-6-18)27-13-22-15-29-22)24-23(16)17-3-7-19(8-4-17)26-12-21-14-28-21/h3-11,21-22H,2,12-15H2,1H3. The molecule has 2 saturated heterocycles. The molecule has 0 radical (unpaired) electrons. The molecule has 3 heterocycles. The predicted molar refractivity (Wildman–Crippen MR) is 109 cm³/mol. The van der Waals surface area contributed by atoms with Crippen molar-refractivity contribution in [3.05, 3.63) is 60.3 Å². The number of aromatic nitrogens is 2. The van der Waals surface area contributed by atoms with Crippen LogP contribution in [-0.4, -0.2) is 48.4 Å². The van der Waals surface area contributed by atoms with Gasteiger partial charge in [0, 0.05) is 11.8 Å². The zero-order chi connectivity index (χ0) is 19.6. The summed E-state index contributed by atoms with van der Waals surface area (Å²) < 4.78 is 23.7. The van der Waals surface area contributed by atoms with Crippen LogP contribution in [0.15, 0.2) is 54.7 Å². The molecule has 0 aliphatic carbocycles. The Morgan fingerprint density at radius 1 is 0.897 bits per heavy atom. The largest absolute Gasteiger partial charge is 0.491 e. The van der Waals surface area contributed by atoms with Crippen LogP contribution in [0.25, 0.3) is 16.9 Å². The summed E-state index contributed by atoms with van der Waals surface area (Å²) in [6.07, 6.45) is 3.53. The van der Waals surface area contributed by atoms with Crippen LogP contribution in [0.1, 0.15) is 12.5 Å². The zero-order valence-corrected chi connectivity index (χ0v) is 16.4. The van der Waals surface area contributed by atoms with Gasteiger partial charge in [-0.3, -0.25) is 0 Å². The Hall–Kier alpha value is -2.83. The van der Waals surface area contributed by atoms with Crippen molar-refractivity contribution in [3.8, 4) is 28.4 Å². The first-order valence-corrected chi connectivity index (χ1v) is 10.1. The maximum Gasteiger partial charge on any atom is 0.119 e. The molecular formula is C23H24N2O4. The molecule has 150 valence electrons. The minimum atomic E-state index is 0.259. The quantitative estimate of drug-likeness (QED) is 0.520. The van der Waals surface area contributed by atoms with Crippen molar-refractivity contribution >= 4 is 0 Å². The van der Waals surface area contributed by atoms with Gasteiger partial charge in [0.05, 0.1) is 24.6 Å². The van der Waals surface area contributed by atoms with Gasteiger partial charge in [0.25, 0.3) is 0 Å². The topological polar surface area (TPSA) is 61.3 Å². The van der Waals surface area contributed by atoms with Crippen LogP contribution in [0.3, 0.4) is 0 Å². The Morgan fingerprint density at radius 2 is 1.45 bits per heavy atom. The highest BCUT2D eigenvalue weighted by Crippen LogP contribution is 2.27.